The first kappa shape index (κ1) is 14.4. The van der Waals surface area contributed by atoms with Crippen molar-refractivity contribution >= 4 is 5.97 Å². The first-order valence-corrected chi connectivity index (χ1v) is 7.08. The van der Waals surface area contributed by atoms with Crippen molar-refractivity contribution in [2.75, 3.05) is 0 Å². The predicted octanol–water partition coefficient (Wildman–Crippen LogP) is 4.33. The number of carboxylic acid groups (broad SMARTS) is 1. The highest BCUT2D eigenvalue weighted by Gasteiger charge is 2.16. The Kier molecular flexibility index (Phi) is 4.28. The van der Waals surface area contributed by atoms with Crippen molar-refractivity contribution in [2.45, 2.75) is 40.0 Å². The van der Waals surface area contributed by atoms with Crippen molar-refractivity contribution < 1.29 is 14.3 Å². The summed E-state index contributed by atoms with van der Waals surface area (Å²) < 4.78 is 5.49. The van der Waals surface area contributed by atoms with Crippen LogP contribution in [0.1, 0.15) is 48.0 Å². The van der Waals surface area contributed by atoms with Crippen molar-refractivity contribution in [3.05, 3.63) is 46.7 Å². The third kappa shape index (κ3) is 2.62. The number of hydrogen-bond acceptors (Lipinski definition) is 2. The van der Waals surface area contributed by atoms with Crippen LogP contribution in [0.2, 0.25) is 0 Å². The maximum Gasteiger partial charge on any atom is 0.371 e. The number of aromatic carboxylic acids is 1. The monoisotopic (exact) mass is 272 g/mol. The number of benzene rings is 1. The number of carbonyl (C=O) groups is 1. The van der Waals surface area contributed by atoms with Gasteiger partial charge in [0.25, 0.3) is 0 Å². The maximum absolute atomic E-state index is 11.0. The van der Waals surface area contributed by atoms with Gasteiger partial charge in [-0.15, -0.1) is 0 Å². The molecular weight excluding hydrogens is 252 g/mol. The lowest BCUT2D eigenvalue weighted by Gasteiger charge is -2.13. The highest BCUT2D eigenvalue weighted by Crippen LogP contribution is 2.32. The lowest BCUT2D eigenvalue weighted by Crippen LogP contribution is -1.97. The zero-order chi connectivity index (χ0) is 14.7. The molecule has 2 rings (SSSR count). The van der Waals surface area contributed by atoms with Crippen molar-refractivity contribution in [1.82, 2.24) is 0 Å². The summed E-state index contributed by atoms with van der Waals surface area (Å²) in [4.78, 5) is 11.0. The van der Waals surface area contributed by atoms with Gasteiger partial charge < -0.3 is 9.52 Å². The minimum Gasteiger partial charge on any atom is -0.475 e. The van der Waals surface area contributed by atoms with E-state index < -0.39 is 5.97 Å². The summed E-state index contributed by atoms with van der Waals surface area (Å²) in [6.07, 6.45) is 2.80. The molecular formula is C17H20O3. The minimum atomic E-state index is -1.03. The normalized spacial score (nSPS) is 10.8. The third-order valence-electron chi connectivity index (χ3n) is 3.59. The van der Waals surface area contributed by atoms with Crippen LogP contribution < -0.4 is 0 Å². The molecule has 0 aliphatic heterocycles. The second kappa shape index (κ2) is 5.95. The molecule has 2 aromatic rings. The standard InChI is InChI=1S/C17H20O3/c1-4-11-9-12(5-2)16(13(6-3)10-11)14-7-8-15(20-14)17(18)19/h7-10H,4-6H2,1-3H3,(H,18,19). The molecule has 0 saturated carbocycles. The van der Waals surface area contributed by atoms with Gasteiger partial charge in [0.1, 0.15) is 5.76 Å². The zero-order valence-corrected chi connectivity index (χ0v) is 12.2. The molecule has 0 bridgehead atoms. The Morgan fingerprint density at radius 2 is 1.65 bits per heavy atom. The van der Waals surface area contributed by atoms with Crippen LogP contribution in [-0.4, -0.2) is 11.1 Å². The lowest BCUT2D eigenvalue weighted by atomic mass is 9.92. The maximum atomic E-state index is 11.0. The molecule has 0 radical (unpaired) electrons. The number of aryl methyl sites for hydroxylation is 3. The highest BCUT2D eigenvalue weighted by atomic mass is 16.4. The van der Waals surface area contributed by atoms with Crippen LogP contribution in [0.5, 0.6) is 0 Å². The molecule has 0 spiro atoms. The summed E-state index contributed by atoms with van der Waals surface area (Å²) in [7, 11) is 0. The Morgan fingerprint density at radius 1 is 1.05 bits per heavy atom. The topological polar surface area (TPSA) is 50.4 Å². The van der Waals surface area contributed by atoms with E-state index in [0.717, 1.165) is 24.8 Å². The van der Waals surface area contributed by atoms with Crippen molar-refractivity contribution in [2.24, 2.45) is 0 Å². The van der Waals surface area contributed by atoms with Gasteiger partial charge in [0.15, 0.2) is 0 Å². The fraction of sp³-hybridized carbons (Fsp3) is 0.353. The molecule has 0 unspecified atom stereocenters. The van der Waals surface area contributed by atoms with E-state index in [1.165, 1.54) is 22.8 Å². The number of carboxylic acids is 1. The van der Waals surface area contributed by atoms with Crippen LogP contribution >= 0.6 is 0 Å². The van der Waals surface area contributed by atoms with E-state index in [9.17, 15) is 4.79 Å². The fourth-order valence-electron chi connectivity index (χ4n) is 2.51. The summed E-state index contributed by atoms with van der Waals surface area (Å²) in [6, 6.07) is 7.65. The average Bonchev–Trinajstić information content (AvgIpc) is 2.95. The number of hydrogen-bond donors (Lipinski definition) is 1. The van der Waals surface area contributed by atoms with Gasteiger partial charge in [-0.2, -0.15) is 0 Å². The molecule has 0 aliphatic carbocycles. The molecule has 0 amide bonds. The molecule has 0 atom stereocenters. The van der Waals surface area contributed by atoms with Gasteiger partial charge in [0.2, 0.25) is 5.76 Å². The molecule has 106 valence electrons. The quantitative estimate of drug-likeness (QED) is 0.881. The van der Waals surface area contributed by atoms with E-state index in [4.69, 9.17) is 9.52 Å². The van der Waals surface area contributed by atoms with Gasteiger partial charge in [0.05, 0.1) is 0 Å². The molecule has 3 nitrogen and oxygen atoms in total. The van der Waals surface area contributed by atoms with Crippen molar-refractivity contribution in [3.63, 3.8) is 0 Å². The fourth-order valence-corrected chi connectivity index (χ4v) is 2.51. The lowest BCUT2D eigenvalue weighted by molar-refractivity contribution is 0.0663. The average molecular weight is 272 g/mol. The van der Waals surface area contributed by atoms with E-state index in [-0.39, 0.29) is 5.76 Å². The molecule has 1 aromatic carbocycles. The Labute approximate surface area is 119 Å². The predicted molar refractivity (Wildman–Crippen MR) is 79.2 cm³/mol. The molecule has 3 heteroatoms. The molecule has 0 aliphatic rings. The molecule has 0 saturated heterocycles. The van der Waals surface area contributed by atoms with Gasteiger partial charge in [-0.25, -0.2) is 4.79 Å². The Morgan fingerprint density at radius 3 is 2.05 bits per heavy atom. The summed E-state index contributed by atoms with van der Waals surface area (Å²) in [5.41, 5.74) is 4.80. The SMILES string of the molecule is CCc1cc(CC)c(-c2ccc(C(=O)O)o2)c(CC)c1. The van der Waals surface area contributed by atoms with Gasteiger partial charge in [-0.05, 0) is 48.1 Å². The van der Waals surface area contributed by atoms with E-state index in [2.05, 4.69) is 32.9 Å². The van der Waals surface area contributed by atoms with Crippen LogP contribution in [0.25, 0.3) is 11.3 Å². The number of rotatable bonds is 5. The van der Waals surface area contributed by atoms with Gasteiger partial charge >= 0.3 is 5.97 Å². The third-order valence-corrected chi connectivity index (χ3v) is 3.59. The minimum absolute atomic E-state index is 0.0105. The van der Waals surface area contributed by atoms with Gasteiger partial charge in [-0.3, -0.25) is 0 Å². The van der Waals surface area contributed by atoms with Crippen molar-refractivity contribution in [1.29, 1.82) is 0 Å². The van der Waals surface area contributed by atoms with Crippen molar-refractivity contribution in [3.8, 4) is 11.3 Å². The van der Waals surface area contributed by atoms with E-state index in [1.54, 1.807) is 6.07 Å². The first-order chi connectivity index (χ1) is 9.60. The molecule has 1 heterocycles. The first-order valence-electron chi connectivity index (χ1n) is 7.08. The largest absolute Gasteiger partial charge is 0.475 e. The van der Waals surface area contributed by atoms with Gasteiger partial charge in [-0.1, -0.05) is 32.9 Å². The molecule has 1 aromatic heterocycles. The zero-order valence-electron chi connectivity index (χ0n) is 12.2. The highest BCUT2D eigenvalue weighted by molar-refractivity contribution is 5.85. The molecule has 20 heavy (non-hydrogen) atoms. The molecule has 1 N–H and O–H groups in total. The Balaban J connectivity index is 2.61. The van der Waals surface area contributed by atoms with Crippen LogP contribution in [0.3, 0.4) is 0 Å². The summed E-state index contributed by atoms with van der Waals surface area (Å²) in [5, 5.41) is 8.99. The van der Waals surface area contributed by atoms with E-state index >= 15 is 0 Å². The second-order valence-corrected chi connectivity index (χ2v) is 4.82. The van der Waals surface area contributed by atoms with Gasteiger partial charge in [0, 0.05) is 5.56 Å². The van der Waals surface area contributed by atoms with Crippen LogP contribution in [0.15, 0.2) is 28.7 Å². The summed E-state index contributed by atoms with van der Waals surface area (Å²) in [5.74, 6) is -0.389. The Bertz CT molecular complexity index is 598. The second-order valence-electron chi connectivity index (χ2n) is 4.82. The van der Waals surface area contributed by atoms with Crippen LogP contribution in [0, 0.1) is 0 Å². The molecule has 0 fully saturated rings. The van der Waals surface area contributed by atoms with Crippen LogP contribution in [0.4, 0.5) is 0 Å². The van der Waals surface area contributed by atoms with Crippen LogP contribution in [-0.2, 0) is 19.3 Å². The number of furan rings is 1. The summed E-state index contributed by atoms with van der Waals surface area (Å²) in [6.45, 7) is 6.36. The Hall–Kier alpha value is -2.03. The van der Waals surface area contributed by atoms with E-state index in [0.29, 0.717) is 5.76 Å². The smallest absolute Gasteiger partial charge is 0.371 e. The summed E-state index contributed by atoms with van der Waals surface area (Å²) >= 11 is 0. The van der Waals surface area contributed by atoms with E-state index in [1.807, 2.05) is 0 Å².